The minimum Gasteiger partial charge on any atom is -0.481 e. The van der Waals surface area contributed by atoms with E-state index in [4.69, 9.17) is 5.11 Å². The summed E-state index contributed by atoms with van der Waals surface area (Å²) >= 11 is 1.50. The Labute approximate surface area is 327 Å². The lowest BCUT2D eigenvalue weighted by atomic mass is 9.86. The molecule has 2 unspecified atom stereocenters. The highest BCUT2D eigenvalue weighted by Gasteiger charge is 2.33. The number of carboxylic acid groups (broad SMARTS) is 2. The van der Waals surface area contributed by atoms with Gasteiger partial charge in [0.1, 0.15) is 5.00 Å². The van der Waals surface area contributed by atoms with E-state index in [1.165, 1.54) is 11.3 Å². The zero-order valence-electron chi connectivity index (χ0n) is 31.3. The van der Waals surface area contributed by atoms with Crippen molar-refractivity contribution >= 4 is 55.4 Å². The average Bonchev–Trinajstić information content (AvgIpc) is 3.55. The van der Waals surface area contributed by atoms with Crippen molar-refractivity contribution in [2.45, 2.75) is 101 Å². The number of aryl methyl sites for hydroxylation is 3. The first-order valence-corrected chi connectivity index (χ1v) is 21.7. The Balaban J connectivity index is 1.13. The van der Waals surface area contributed by atoms with Gasteiger partial charge in [-0.1, -0.05) is 37.3 Å². The highest BCUT2D eigenvalue weighted by Crippen LogP contribution is 2.42. The number of carbonyl (C=O) groups is 3. The topological polar surface area (TPSA) is 156 Å². The molecule has 4 aromatic rings. The number of nitrogens with zero attached hydrogens (tertiary/aromatic N) is 1. The molecular formula is C43H51N3O7S2. The van der Waals surface area contributed by atoms with Crippen LogP contribution in [0.2, 0.25) is 0 Å². The number of benzene rings is 3. The molecule has 2 aliphatic rings. The molecule has 2 atom stereocenters. The minimum atomic E-state index is -2.97. The molecular weight excluding hydrogens is 735 g/mol. The molecule has 1 heterocycles. The molecule has 1 saturated carbocycles. The Kier molecular flexibility index (Phi) is 13.1. The number of amides is 1. The summed E-state index contributed by atoms with van der Waals surface area (Å²) in [4.78, 5) is 38.2. The van der Waals surface area contributed by atoms with Gasteiger partial charge in [0.05, 0.1) is 21.2 Å². The van der Waals surface area contributed by atoms with Crippen LogP contribution in [0.4, 0.5) is 10.7 Å². The van der Waals surface area contributed by atoms with Crippen LogP contribution in [0.15, 0.2) is 77.7 Å². The summed E-state index contributed by atoms with van der Waals surface area (Å²) in [5.74, 6) is 1.73. The summed E-state index contributed by atoms with van der Waals surface area (Å²) in [6, 6.07) is 21.7. The van der Waals surface area contributed by atoms with Gasteiger partial charge in [-0.3, -0.25) is 9.59 Å². The summed E-state index contributed by atoms with van der Waals surface area (Å²) in [6.07, 6.45) is 8.37. The zero-order chi connectivity index (χ0) is 39.1. The van der Waals surface area contributed by atoms with E-state index in [0.29, 0.717) is 53.3 Å². The Morgan fingerprint density at radius 1 is 0.909 bits per heavy atom. The zero-order valence-corrected chi connectivity index (χ0v) is 32.9. The van der Waals surface area contributed by atoms with Crippen molar-refractivity contribution < 1.29 is 33.9 Å². The van der Waals surface area contributed by atoms with E-state index in [-0.39, 0.29) is 23.4 Å². The summed E-state index contributed by atoms with van der Waals surface area (Å²) in [6.45, 7) is 2.56. The van der Waals surface area contributed by atoms with Gasteiger partial charge in [-0.05, 0) is 142 Å². The van der Waals surface area contributed by atoms with Gasteiger partial charge in [0.15, 0.2) is 6.23 Å². The minimum absolute atomic E-state index is 0.0555. The maximum absolute atomic E-state index is 14.4. The molecule has 3 aromatic carbocycles. The van der Waals surface area contributed by atoms with Crippen molar-refractivity contribution in [2.24, 2.45) is 5.92 Å². The van der Waals surface area contributed by atoms with Crippen LogP contribution in [-0.4, -0.2) is 60.1 Å². The Morgan fingerprint density at radius 2 is 1.56 bits per heavy atom. The maximum atomic E-state index is 14.4. The predicted molar refractivity (Wildman–Crippen MR) is 220 cm³/mol. The first-order valence-electron chi connectivity index (χ1n) is 19.2. The standard InChI is InChI=1S/C43H51N3O7S2/c1-3-26-46(34-24-20-31(21-25-34)43(51)52)55(2,53)35-11-7-10-32(27-35)39(47)45-41-38(36-12-4-5-13-37(36)54-41)40(48)44-33-22-16-29(17-23-33)9-6-8-28-14-18-30(19-15-28)42(49)50/h7,10-11,14-19,22-23,27,31,34,40,44,48H,2-6,8-9,12-13,20-21,24-26H2,1H3,(H,45,47)(H,49,50)(H,51,52). The Hall–Kier alpha value is -4.49. The quantitative estimate of drug-likeness (QED) is 0.0563. The second kappa shape index (κ2) is 18.0. The van der Waals surface area contributed by atoms with Crippen molar-refractivity contribution in [1.82, 2.24) is 4.31 Å². The summed E-state index contributed by atoms with van der Waals surface area (Å²) in [5.41, 5.74) is 5.36. The SMILES string of the molecule is C=S(=O)(c1cccc(C(=O)Nc2sc3c(c2C(O)Nc2ccc(CCCc4ccc(C(=O)O)cc4)cc2)CCCC3)c1)N(CCC)C1CCC(C(=O)O)CC1. The van der Waals surface area contributed by atoms with Gasteiger partial charge in [-0.15, -0.1) is 11.3 Å². The number of thiophene rings is 1. The van der Waals surface area contributed by atoms with Gasteiger partial charge < -0.3 is 26.0 Å². The molecule has 2 aliphatic carbocycles. The Morgan fingerprint density at radius 3 is 2.20 bits per heavy atom. The first-order chi connectivity index (χ1) is 26.4. The lowest BCUT2D eigenvalue weighted by molar-refractivity contribution is -0.143. The molecule has 5 N–H and O–H groups in total. The summed E-state index contributed by atoms with van der Waals surface area (Å²) < 4.78 is 16.4. The van der Waals surface area contributed by atoms with Gasteiger partial charge in [0, 0.05) is 39.2 Å². The van der Waals surface area contributed by atoms with E-state index < -0.39 is 27.9 Å². The highest BCUT2D eigenvalue weighted by atomic mass is 32.2. The van der Waals surface area contributed by atoms with E-state index in [1.807, 2.05) is 47.6 Å². The largest absolute Gasteiger partial charge is 0.481 e. The number of aliphatic hydroxyl groups excluding tert-OH is 1. The summed E-state index contributed by atoms with van der Waals surface area (Å²) in [5, 5.41) is 37.2. The van der Waals surface area contributed by atoms with Crippen LogP contribution in [0.25, 0.3) is 0 Å². The predicted octanol–water partition coefficient (Wildman–Crippen LogP) is 8.20. The van der Waals surface area contributed by atoms with E-state index >= 15 is 0 Å². The van der Waals surface area contributed by atoms with E-state index in [0.717, 1.165) is 78.6 Å². The third kappa shape index (κ3) is 9.67. The van der Waals surface area contributed by atoms with Gasteiger partial charge in [0.25, 0.3) is 5.91 Å². The molecule has 292 valence electrons. The van der Waals surface area contributed by atoms with E-state index in [9.17, 15) is 28.8 Å². The number of hydrogen-bond donors (Lipinski definition) is 5. The van der Waals surface area contributed by atoms with Crippen molar-refractivity contribution in [2.75, 3.05) is 17.2 Å². The molecule has 0 saturated heterocycles. The number of aliphatic hydroxyl groups is 1. The van der Waals surface area contributed by atoms with Gasteiger partial charge in [0.2, 0.25) is 0 Å². The van der Waals surface area contributed by atoms with Crippen molar-refractivity contribution in [1.29, 1.82) is 0 Å². The molecule has 1 fully saturated rings. The van der Waals surface area contributed by atoms with Crippen LogP contribution >= 0.6 is 11.3 Å². The Bertz CT molecular complexity index is 2090. The molecule has 0 radical (unpaired) electrons. The molecule has 12 heteroatoms. The van der Waals surface area contributed by atoms with Crippen LogP contribution in [0.1, 0.15) is 112 Å². The lowest BCUT2D eigenvalue weighted by Gasteiger charge is -2.37. The molecule has 10 nitrogen and oxygen atoms in total. The number of carboxylic acids is 2. The normalized spacial score (nSPS) is 18.5. The number of rotatable bonds is 16. The number of hydrogen-bond acceptors (Lipinski definition) is 7. The smallest absolute Gasteiger partial charge is 0.335 e. The van der Waals surface area contributed by atoms with Gasteiger partial charge in [-0.25, -0.2) is 13.3 Å². The molecule has 1 aromatic heterocycles. The number of anilines is 2. The number of carbonyl (C=O) groups excluding carboxylic acids is 1. The van der Waals surface area contributed by atoms with Crippen LogP contribution in [0.3, 0.4) is 0 Å². The van der Waals surface area contributed by atoms with Crippen molar-refractivity contribution in [3.63, 3.8) is 0 Å². The lowest BCUT2D eigenvalue weighted by Crippen LogP contribution is -2.43. The third-order valence-corrected chi connectivity index (χ3v) is 14.3. The highest BCUT2D eigenvalue weighted by molar-refractivity contribution is 7.98. The second-order valence-corrected chi connectivity index (χ2v) is 18.0. The molecule has 0 aliphatic heterocycles. The van der Waals surface area contributed by atoms with Crippen LogP contribution in [-0.2, 0) is 40.2 Å². The van der Waals surface area contributed by atoms with Crippen LogP contribution in [0, 0.1) is 5.92 Å². The van der Waals surface area contributed by atoms with Crippen LogP contribution < -0.4 is 10.6 Å². The van der Waals surface area contributed by atoms with E-state index in [1.54, 1.807) is 36.4 Å². The fourth-order valence-electron chi connectivity index (χ4n) is 7.83. The number of aromatic carboxylic acids is 1. The van der Waals surface area contributed by atoms with Gasteiger partial charge >= 0.3 is 11.9 Å². The fraction of sp³-hybridized carbons (Fsp3) is 0.395. The summed E-state index contributed by atoms with van der Waals surface area (Å²) in [7, 11) is -2.97. The number of nitrogens with one attached hydrogen (secondary N) is 2. The first kappa shape index (κ1) is 40.2. The number of aliphatic carboxylic acids is 1. The van der Waals surface area contributed by atoms with E-state index in [2.05, 4.69) is 16.5 Å². The van der Waals surface area contributed by atoms with Gasteiger partial charge in [-0.2, -0.15) is 0 Å². The number of fused-ring (bicyclic) bond motifs is 1. The molecule has 0 bridgehead atoms. The maximum Gasteiger partial charge on any atom is 0.335 e. The second-order valence-electron chi connectivity index (χ2n) is 14.7. The molecule has 1 amide bonds. The third-order valence-electron chi connectivity index (χ3n) is 10.8. The average molecular weight is 786 g/mol. The molecule has 0 spiro atoms. The van der Waals surface area contributed by atoms with Crippen LogP contribution in [0.5, 0.6) is 0 Å². The fourth-order valence-corrected chi connectivity index (χ4v) is 11.2. The van der Waals surface area contributed by atoms with Crippen molar-refractivity contribution in [3.8, 4) is 0 Å². The van der Waals surface area contributed by atoms with Crippen molar-refractivity contribution in [3.05, 3.63) is 111 Å². The molecule has 55 heavy (non-hydrogen) atoms. The monoisotopic (exact) mass is 785 g/mol. The molecule has 6 rings (SSSR count).